The van der Waals surface area contributed by atoms with Gasteiger partial charge in [-0.2, -0.15) is 0 Å². The van der Waals surface area contributed by atoms with Gasteiger partial charge in [-0.15, -0.1) is 10.2 Å². The van der Waals surface area contributed by atoms with E-state index in [0.717, 1.165) is 30.4 Å². The monoisotopic (exact) mass is 464 g/mol. The van der Waals surface area contributed by atoms with Crippen molar-refractivity contribution in [3.63, 3.8) is 0 Å². The molecule has 5 heterocycles. The van der Waals surface area contributed by atoms with Gasteiger partial charge in [0, 0.05) is 30.9 Å². The summed E-state index contributed by atoms with van der Waals surface area (Å²) >= 11 is 0. The fourth-order valence-electron chi connectivity index (χ4n) is 5.06. The van der Waals surface area contributed by atoms with Crippen LogP contribution in [0.15, 0.2) is 36.7 Å². The summed E-state index contributed by atoms with van der Waals surface area (Å²) in [6.07, 6.45) is 4.91. The third-order valence-electron chi connectivity index (χ3n) is 6.93. The van der Waals surface area contributed by atoms with Crippen LogP contribution in [0.1, 0.15) is 19.3 Å². The molecule has 4 atom stereocenters. The minimum atomic E-state index is -0.961. The van der Waals surface area contributed by atoms with Gasteiger partial charge in [0.15, 0.2) is 17.4 Å². The number of nitrogens with one attached hydrogen (secondary N) is 1. The van der Waals surface area contributed by atoms with Crippen LogP contribution in [0.5, 0.6) is 17.4 Å². The number of pyridine rings is 1. The third kappa shape index (κ3) is 3.67. The second-order valence-electron chi connectivity index (χ2n) is 9.00. The lowest BCUT2D eigenvalue weighted by Crippen LogP contribution is -2.55. The Hall–Kier alpha value is -3.53. The molecular weight excluding hydrogens is 439 g/mol. The van der Waals surface area contributed by atoms with E-state index in [2.05, 4.69) is 25.5 Å². The number of aromatic nitrogens is 4. The quantitative estimate of drug-likeness (QED) is 0.603. The van der Waals surface area contributed by atoms with E-state index in [0.29, 0.717) is 48.1 Å². The van der Waals surface area contributed by atoms with E-state index in [1.807, 2.05) is 24.1 Å². The SMILES string of the molecule is CN(c1cnc(-c2ccc(-c3cnc4c(c3)OCCO4)cc2O)nn1)[C@@H]1C[C@@H]2CC[C@H](N2)[C@@H]1F. The average molecular weight is 465 g/mol. The molecule has 6 rings (SSSR count). The number of nitrogens with zero attached hydrogens (tertiary/aromatic N) is 5. The van der Waals surface area contributed by atoms with Crippen LogP contribution in [0.3, 0.4) is 0 Å². The molecule has 3 aliphatic heterocycles. The van der Waals surface area contributed by atoms with Crippen molar-refractivity contribution < 1.29 is 19.0 Å². The second kappa shape index (κ2) is 8.35. The Balaban J connectivity index is 1.21. The molecule has 34 heavy (non-hydrogen) atoms. The molecule has 2 aromatic heterocycles. The molecule has 0 radical (unpaired) electrons. The summed E-state index contributed by atoms with van der Waals surface area (Å²) < 4.78 is 26.0. The first-order valence-electron chi connectivity index (χ1n) is 11.5. The molecule has 9 nitrogen and oxygen atoms in total. The molecule has 3 aromatic rings. The Bertz CT molecular complexity index is 1210. The molecular formula is C24H25FN6O3. The van der Waals surface area contributed by atoms with Crippen LogP contribution in [0.4, 0.5) is 10.2 Å². The summed E-state index contributed by atoms with van der Waals surface area (Å²) in [7, 11) is 1.83. The van der Waals surface area contributed by atoms with Gasteiger partial charge in [0.25, 0.3) is 5.88 Å². The van der Waals surface area contributed by atoms with E-state index in [-0.39, 0.29) is 17.8 Å². The van der Waals surface area contributed by atoms with E-state index in [4.69, 9.17) is 9.47 Å². The van der Waals surface area contributed by atoms with Gasteiger partial charge in [-0.3, -0.25) is 0 Å². The molecule has 0 amide bonds. The van der Waals surface area contributed by atoms with Gasteiger partial charge in [-0.25, -0.2) is 14.4 Å². The van der Waals surface area contributed by atoms with Crippen molar-refractivity contribution in [3.05, 3.63) is 36.7 Å². The Labute approximate surface area is 196 Å². The zero-order valence-electron chi connectivity index (χ0n) is 18.7. The van der Waals surface area contributed by atoms with Crippen LogP contribution in [0.25, 0.3) is 22.5 Å². The molecule has 1 aromatic carbocycles. The second-order valence-corrected chi connectivity index (χ2v) is 9.00. The minimum Gasteiger partial charge on any atom is -0.507 e. The summed E-state index contributed by atoms with van der Waals surface area (Å²) in [6.45, 7) is 0.952. The lowest BCUT2D eigenvalue weighted by Gasteiger charge is -2.38. The predicted molar refractivity (Wildman–Crippen MR) is 123 cm³/mol. The van der Waals surface area contributed by atoms with Gasteiger partial charge in [0.05, 0.1) is 17.8 Å². The minimum absolute atomic E-state index is 0.0223. The number of phenolic OH excluding ortho intramolecular Hbond substituents is 1. The standard InChI is InChI=1S/C24H25FN6O3/c1-31(18-10-15-3-5-17(28-15)22(18)25)21-12-26-23(30-29-21)16-4-2-13(8-19(16)32)14-9-20-24(27-11-14)34-7-6-33-20/h2,4,8-9,11-12,15,17-18,22,28,32H,3,5-7,10H2,1H3/t15-,17-,18+,22-/m0/s1. The van der Waals surface area contributed by atoms with E-state index in [1.54, 1.807) is 24.5 Å². The number of anilines is 1. The third-order valence-corrected chi connectivity index (χ3v) is 6.93. The van der Waals surface area contributed by atoms with Crippen molar-refractivity contribution in [1.82, 2.24) is 25.5 Å². The van der Waals surface area contributed by atoms with Crippen LogP contribution in [0, 0.1) is 0 Å². The topological polar surface area (TPSA) is 106 Å². The maximum atomic E-state index is 14.9. The fourth-order valence-corrected chi connectivity index (χ4v) is 5.06. The van der Waals surface area contributed by atoms with Crippen LogP contribution in [-0.2, 0) is 0 Å². The number of ether oxygens (including phenoxy) is 2. The summed E-state index contributed by atoms with van der Waals surface area (Å²) in [5.74, 6) is 1.88. The summed E-state index contributed by atoms with van der Waals surface area (Å²) in [6, 6.07) is 7.06. The highest BCUT2D eigenvalue weighted by molar-refractivity contribution is 5.73. The number of halogens is 1. The number of alkyl halides is 1. The smallest absolute Gasteiger partial charge is 0.257 e. The number of aromatic hydroxyl groups is 1. The first-order valence-corrected chi connectivity index (χ1v) is 11.5. The molecule has 2 bridgehead atoms. The molecule has 2 N–H and O–H groups in total. The Kier molecular flexibility index (Phi) is 5.17. The van der Waals surface area contributed by atoms with Crippen LogP contribution in [-0.4, -0.2) is 69.8 Å². The number of hydrogen-bond acceptors (Lipinski definition) is 9. The van der Waals surface area contributed by atoms with E-state index in [9.17, 15) is 9.50 Å². The molecule has 10 heteroatoms. The highest BCUT2D eigenvalue weighted by atomic mass is 19.1. The van der Waals surface area contributed by atoms with Gasteiger partial charge in [-0.05, 0) is 43.0 Å². The maximum absolute atomic E-state index is 14.9. The van der Waals surface area contributed by atoms with E-state index >= 15 is 0 Å². The van der Waals surface area contributed by atoms with Crippen molar-refractivity contribution in [2.24, 2.45) is 0 Å². The summed E-state index contributed by atoms with van der Waals surface area (Å²) in [5.41, 5.74) is 2.02. The number of fused-ring (bicyclic) bond motifs is 3. The molecule has 0 aliphatic carbocycles. The van der Waals surface area contributed by atoms with Crippen molar-refractivity contribution in [2.45, 2.75) is 43.6 Å². The van der Waals surface area contributed by atoms with Gasteiger partial charge in [0.1, 0.15) is 25.1 Å². The number of piperidine rings is 1. The molecule has 2 saturated heterocycles. The van der Waals surface area contributed by atoms with Crippen molar-refractivity contribution >= 4 is 5.82 Å². The van der Waals surface area contributed by atoms with Crippen LogP contribution >= 0.6 is 0 Å². The molecule has 0 spiro atoms. The average Bonchev–Trinajstić information content (AvgIpc) is 3.29. The fraction of sp³-hybridized carbons (Fsp3) is 0.417. The highest BCUT2D eigenvalue weighted by Crippen LogP contribution is 2.36. The van der Waals surface area contributed by atoms with Gasteiger partial charge >= 0.3 is 0 Å². The number of phenols is 1. The lowest BCUT2D eigenvalue weighted by molar-refractivity contribution is 0.164. The Morgan fingerprint density at radius 2 is 1.94 bits per heavy atom. The zero-order chi connectivity index (χ0) is 23.2. The first kappa shape index (κ1) is 21.0. The first-order chi connectivity index (χ1) is 16.6. The summed E-state index contributed by atoms with van der Waals surface area (Å²) in [4.78, 5) is 10.5. The largest absolute Gasteiger partial charge is 0.507 e. The van der Waals surface area contributed by atoms with E-state index in [1.165, 1.54) is 0 Å². The van der Waals surface area contributed by atoms with Gasteiger partial charge in [-0.1, -0.05) is 6.07 Å². The van der Waals surface area contributed by atoms with Gasteiger partial charge < -0.3 is 24.8 Å². The molecule has 176 valence electrons. The normalized spacial score (nSPS) is 25.2. The zero-order valence-corrected chi connectivity index (χ0v) is 18.7. The Morgan fingerprint density at radius 1 is 1.06 bits per heavy atom. The molecule has 2 fully saturated rings. The highest BCUT2D eigenvalue weighted by Gasteiger charge is 2.44. The van der Waals surface area contributed by atoms with Gasteiger partial charge in [0.2, 0.25) is 0 Å². The summed E-state index contributed by atoms with van der Waals surface area (Å²) in [5, 5.41) is 22.5. The molecule has 3 aliphatic rings. The van der Waals surface area contributed by atoms with Crippen LogP contribution in [0.2, 0.25) is 0 Å². The van der Waals surface area contributed by atoms with E-state index < -0.39 is 6.17 Å². The van der Waals surface area contributed by atoms with Crippen molar-refractivity contribution in [1.29, 1.82) is 0 Å². The predicted octanol–water partition coefficient (Wildman–Crippen LogP) is 2.74. The molecule has 0 unspecified atom stereocenters. The Morgan fingerprint density at radius 3 is 2.76 bits per heavy atom. The van der Waals surface area contributed by atoms with Crippen molar-refractivity contribution in [3.8, 4) is 39.9 Å². The number of benzene rings is 1. The lowest BCUT2D eigenvalue weighted by atomic mass is 9.96. The molecule has 0 saturated carbocycles. The van der Waals surface area contributed by atoms with Crippen molar-refractivity contribution in [2.75, 3.05) is 25.2 Å². The van der Waals surface area contributed by atoms with Crippen LogP contribution < -0.4 is 19.7 Å². The number of hydrogen-bond donors (Lipinski definition) is 2. The number of rotatable bonds is 4. The maximum Gasteiger partial charge on any atom is 0.257 e.